The van der Waals surface area contributed by atoms with Crippen LogP contribution in [0.1, 0.15) is 42.4 Å². The van der Waals surface area contributed by atoms with Gasteiger partial charge >= 0.3 is 0 Å². The van der Waals surface area contributed by atoms with Crippen LogP contribution in [0.3, 0.4) is 0 Å². The van der Waals surface area contributed by atoms with Crippen molar-refractivity contribution < 1.29 is 9.53 Å². The third-order valence-electron chi connectivity index (χ3n) is 4.46. The van der Waals surface area contributed by atoms with Crippen molar-refractivity contribution >= 4 is 16.9 Å². The highest BCUT2D eigenvalue weighted by Gasteiger charge is 2.12. The van der Waals surface area contributed by atoms with Gasteiger partial charge in [0.05, 0.1) is 24.7 Å². The SMILES string of the molecule is CCCCCn1c(CNC(=O)c2cccc(OC)c2)nc2ccccc21. The molecule has 1 amide bonds. The fraction of sp³-hybridized carbons (Fsp3) is 0.333. The smallest absolute Gasteiger partial charge is 0.251 e. The third kappa shape index (κ3) is 4.04. The minimum Gasteiger partial charge on any atom is -0.497 e. The number of hydrogen-bond acceptors (Lipinski definition) is 3. The van der Waals surface area contributed by atoms with Crippen LogP contribution in [0, 0.1) is 0 Å². The largest absolute Gasteiger partial charge is 0.497 e. The molecule has 0 saturated heterocycles. The van der Waals surface area contributed by atoms with E-state index in [1.165, 1.54) is 12.8 Å². The second kappa shape index (κ2) is 8.52. The Balaban J connectivity index is 1.77. The molecule has 2 aromatic carbocycles. The van der Waals surface area contributed by atoms with Crippen LogP contribution < -0.4 is 10.1 Å². The minimum absolute atomic E-state index is 0.129. The Bertz CT molecular complexity index is 886. The molecule has 3 rings (SSSR count). The summed E-state index contributed by atoms with van der Waals surface area (Å²) in [7, 11) is 1.59. The van der Waals surface area contributed by atoms with Gasteiger partial charge in [-0.15, -0.1) is 0 Å². The van der Waals surface area contributed by atoms with Gasteiger partial charge in [-0.05, 0) is 36.8 Å². The number of amides is 1. The molecule has 5 heteroatoms. The number of carbonyl (C=O) groups is 1. The number of unbranched alkanes of at least 4 members (excludes halogenated alkanes) is 2. The zero-order valence-corrected chi connectivity index (χ0v) is 15.4. The second-order valence-corrected chi connectivity index (χ2v) is 6.29. The third-order valence-corrected chi connectivity index (χ3v) is 4.46. The van der Waals surface area contributed by atoms with Crippen molar-refractivity contribution in [1.82, 2.24) is 14.9 Å². The Morgan fingerprint density at radius 3 is 2.81 bits per heavy atom. The summed E-state index contributed by atoms with van der Waals surface area (Å²) in [6.07, 6.45) is 3.46. The van der Waals surface area contributed by atoms with Gasteiger partial charge in [-0.2, -0.15) is 0 Å². The van der Waals surface area contributed by atoms with Gasteiger partial charge in [0.1, 0.15) is 11.6 Å². The Kier molecular flexibility index (Phi) is 5.89. The van der Waals surface area contributed by atoms with Gasteiger partial charge in [-0.1, -0.05) is 38.0 Å². The van der Waals surface area contributed by atoms with E-state index in [9.17, 15) is 4.79 Å². The average Bonchev–Trinajstić information content (AvgIpc) is 3.04. The van der Waals surface area contributed by atoms with E-state index in [1.807, 2.05) is 30.3 Å². The first-order valence-corrected chi connectivity index (χ1v) is 9.09. The predicted molar refractivity (Wildman–Crippen MR) is 103 cm³/mol. The average molecular weight is 351 g/mol. The number of hydrogen-bond donors (Lipinski definition) is 1. The molecule has 0 aliphatic carbocycles. The number of benzene rings is 2. The van der Waals surface area contributed by atoms with Crippen LogP contribution in [0.15, 0.2) is 48.5 Å². The molecule has 0 saturated carbocycles. The van der Waals surface area contributed by atoms with Crippen LogP contribution in [0.25, 0.3) is 11.0 Å². The molecule has 0 bridgehead atoms. The fourth-order valence-electron chi connectivity index (χ4n) is 3.06. The lowest BCUT2D eigenvalue weighted by molar-refractivity contribution is 0.0949. The van der Waals surface area contributed by atoms with Crippen LogP contribution in [0.5, 0.6) is 5.75 Å². The number of rotatable bonds is 8. The summed E-state index contributed by atoms with van der Waals surface area (Å²) in [6, 6.07) is 15.3. The van der Waals surface area contributed by atoms with Crippen molar-refractivity contribution in [3.8, 4) is 5.75 Å². The monoisotopic (exact) mass is 351 g/mol. The summed E-state index contributed by atoms with van der Waals surface area (Å²) < 4.78 is 7.40. The van der Waals surface area contributed by atoms with Crippen molar-refractivity contribution in [3.05, 3.63) is 59.9 Å². The van der Waals surface area contributed by atoms with Crippen LogP contribution in [0.2, 0.25) is 0 Å². The molecule has 0 radical (unpaired) electrons. The van der Waals surface area contributed by atoms with E-state index in [2.05, 4.69) is 22.9 Å². The summed E-state index contributed by atoms with van der Waals surface area (Å²) in [6.45, 7) is 3.51. The normalized spacial score (nSPS) is 10.8. The number of nitrogens with one attached hydrogen (secondary N) is 1. The number of imidazole rings is 1. The first kappa shape index (κ1) is 18.0. The topological polar surface area (TPSA) is 56.2 Å². The van der Waals surface area contributed by atoms with Gasteiger partial charge in [-0.3, -0.25) is 4.79 Å². The van der Waals surface area contributed by atoms with Crippen LogP contribution in [-0.4, -0.2) is 22.6 Å². The lowest BCUT2D eigenvalue weighted by Crippen LogP contribution is -2.24. The highest BCUT2D eigenvalue weighted by molar-refractivity contribution is 5.94. The summed E-state index contributed by atoms with van der Waals surface area (Å²) >= 11 is 0. The molecule has 0 fully saturated rings. The number of carbonyl (C=O) groups excluding carboxylic acids is 1. The lowest BCUT2D eigenvalue weighted by Gasteiger charge is -2.10. The van der Waals surface area contributed by atoms with E-state index in [0.717, 1.165) is 29.8 Å². The first-order chi connectivity index (χ1) is 12.7. The summed E-state index contributed by atoms with van der Waals surface area (Å²) in [5.41, 5.74) is 2.67. The Hall–Kier alpha value is -2.82. The van der Waals surface area contributed by atoms with E-state index < -0.39 is 0 Å². The van der Waals surface area contributed by atoms with Gasteiger partial charge in [0.2, 0.25) is 0 Å². The van der Waals surface area contributed by atoms with E-state index in [1.54, 1.807) is 19.2 Å². The Morgan fingerprint density at radius 2 is 2.00 bits per heavy atom. The van der Waals surface area contributed by atoms with Gasteiger partial charge in [0.15, 0.2) is 0 Å². The molecular formula is C21H25N3O2. The van der Waals surface area contributed by atoms with Gasteiger partial charge in [0, 0.05) is 12.1 Å². The molecule has 0 atom stereocenters. The summed E-state index contributed by atoms with van der Waals surface area (Å²) in [5, 5.41) is 2.98. The maximum atomic E-state index is 12.5. The van der Waals surface area contributed by atoms with E-state index in [-0.39, 0.29) is 5.91 Å². The number of nitrogens with zero attached hydrogens (tertiary/aromatic N) is 2. The maximum Gasteiger partial charge on any atom is 0.251 e. The summed E-state index contributed by atoms with van der Waals surface area (Å²) in [5.74, 6) is 1.43. The van der Waals surface area contributed by atoms with Crippen LogP contribution >= 0.6 is 0 Å². The van der Waals surface area contributed by atoms with E-state index in [0.29, 0.717) is 17.9 Å². The number of methoxy groups -OCH3 is 1. The Morgan fingerprint density at radius 1 is 1.15 bits per heavy atom. The predicted octanol–water partition coefficient (Wildman–Crippen LogP) is 4.17. The van der Waals surface area contributed by atoms with Gasteiger partial charge in [0.25, 0.3) is 5.91 Å². The highest BCUT2D eigenvalue weighted by atomic mass is 16.5. The van der Waals surface area contributed by atoms with E-state index in [4.69, 9.17) is 9.72 Å². The van der Waals surface area contributed by atoms with Crippen molar-refractivity contribution in [1.29, 1.82) is 0 Å². The molecule has 1 aromatic heterocycles. The molecule has 0 spiro atoms. The number of aromatic nitrogens is 2. The molecule has 0 aliphatic rings. The highest BCUT2D eigenvalue weighted by Crippen LogP contribution is 2.18. The number of aryl methyl sites for hydroxylation is 1. The minimum atomic E-state index is -0.129. The zero-order valence-electron chi connectivity index (χ0n) is 15.4. The van der Waals surface area contributed by atoms with Crippen molar-refractivity contribution in [2.45, 2.75) is 39.3 Å². The quantitative estimate of drug-likeness (QED) is 0.620. The second-order valence-electron chi connectivity index (χ2n) is 6.29. The molecule has 3 aromatic rings. The standard InChI is InChI=1S/C21H25N3O2/c1-3-4-7-13-24-19-12-6-5-11-18(19)23-20(24)15-22-21(25)16-9-8-10-17(14-16)26-2/h5-6,8-12,14H,3-4,7,13,15H2,1-2H3,(H,22,25). The van der Waals surface area contributed by atoms with Crippen LogP contribution in [0.4, 0.5) is 0 Å². The molecule has 1 N–H and O–H groups in total. The number of para-hydroxylation sites is 2. The maximum absolute atomic E-state index is 12.5. The van der Waals surface area contributed by atoms with Gasteiger partial charge in [-0.25, -0.2) is 4.98 Å². The first-order valence-electron chi connectivity index (χ1n) is 9.09. The number of fused-ring (bicyclic) bond motifs is 1. The Labute approximate surface area is 154 Å². The van der Waals surface area contributed by atoms with Crippen molar-refractivity contribution in [3.63, 3.8) is 0 Å². The molecular weight excluding hydrogens is 326 g/mol. The molecule has 5 nitrogen and oxygen atoms in total. The fourth-order valence-corrected chi connectivity index (χ4v) is 3.06. The molecule has 26 heavy (non-hydrogen) atoms. The van der Waals surface area contributed by atoms with Gasteiger partial charge < -0.3 is 14.6 Å². The van der Waals surface area contributed by atoms with Crippen molar-refractivity contribution in [2.24, 2.45) is 0 Å². The van der Waals surface area contributed by atoms with Crippen molar-refractivity contribution in [2.75, 3.05) is 7.11 Å². The number of ether oxygens (including phenoxy) is 1. The molecule has 1 heterocycles. The van der Waals surface area contributed by atoms with Crippen LogP contribution in [-0.2, 0) is 13.1 Å². The zero-order chi connectivity index (χ0) is 18.4. The molecule has 0 unspecified atom stereocenters. The van der Waals surface area contributed by atoms with E-state index >= 15 is 0 Å². The summed E-state index contributed by atoms with van der Waals surface area (Å²) in [4.78, 5) is 17.2. The lowest BCUT2D eigenvalue weighted by atomic mass is 10.2. The molecule has 0 aliphatic heterocycles. The molecule has 136 valence electrons.